The average molecular weight is 598 g/mol. The topological polar surface area (TPSA) is 71.2 Å². The van der Waals surface area contributed by atoms with Gasteiger partial charge in [0.05, 0.1) is 0 Å². The minimum Gasteiger partial charge on any atom is -0.507 e. The molecule has 5 heteroatoms. The third-order valence-electron chi connectivity index (χ3n) is 8.56. The van der Waals surface area contributed by atoms with Gasteiger partial charge < -0.3 is 10.2 Å². The van der Waals surface area contributed by atoms with Crippen LogP contribution in [0.5, 0.6) is 11.5 Å². The maximum Gasteiger partial charge on any atom is 0.146 e. The molecule has 0 aliphatic carbocycles. The summed E-state index contributed by atoms with van der Waals surface area (Å²) in [6, 6.07) is 16.2. The molecule has 0 aliphatic rings. The molecule has 0 amide bonds. The van der Waals surface area contributed by atoms with Crippen LogP contribution in [0.3, 0.4) is 0 Å². The van der Waals surface area contributed by atoms with Crippen molar-refractivity contribution in [3.63, 3.8) is 0 Å². The molecule has 4 aromatic rings. The number of phenolic OH excluding ortho intramolecular Hbond substituents is 2. The predicted molar refractivity (Wildman–Crippen MR) is 184 cm³/mol. The third kappa shape index (κ3) is 7.47. The van der Waals surface area contributed by atoms with E-state index in [1.807, 2.05) is 30.3 Å². The lowest BCUT2D eigenvalue weighted by molar-refractivity contribution is 0.274. The van der Waals surface area contributed by atoms with Crippen molar-refractivity contribution in [2.45, 2.75) is 126 Å². The van der Waals surface area contributed by atoms with E-state index in [9.17, 15) is 10.2 Å². The molecule has 0 radical (unpaired) electrons. The van der Waals surface area contributed by atoms with E-state index in [0.29, 0.717) is 17.9 Å². The number of aromatic hydroxyl groups is 2. The smallest absolute Gasteiger partial charge is 0.146 e. The molecule has 2 N–H and O–H groups in total. The van der Waals surface area contributed by atoms with E-state index < -0.39 is 0 Å². The summed E-state index contributed by atoms with van der Waals surface area (Å²) in [7, 11) is 0. The van der Waals surface area contributed by atoms with Crippen LogP contribution in [0.15, 0.2) is 48.5 Å². The summed E-state index contributed by atoms with van der Waals surface area (Å²) >= 11 is 0. The van der Waals surface area contributed by atoms with Gasteiger partial charge >= 0.3 is 0 Å². The van der Waals surface area contributed by atoms with E-state index in [1.54, 1.807) is 4.80 Å². The van der Waals surface area contributed by atoms with Gasteiger partial charge in [-0.15, -0.1) is 15.0 Å². The molecular weight excluding hydrogens is 542 g/mol. The second-order valence-corrected chi connectivity index (χ2v) is 17.7. The number of benzene rings is 3. The number of hydrogen-bond donors (Lipinski definition) is 2. The molecule has 0 bridgehead atoms. The van der Waals surface area contributed by atoms with E-state index in [1.165, 1.54) is 5.56 Å². The van der Waals surface area contributed by atoms with Crippen molar-refractivity contribution in [1.82, 2.24) is 15.0 Å². The molecular formula is C39H55N3O2. The van der Waals surface area contributed by atoms with E-state index in [4.69, 9.17) is 0 Å². The molecule has 1 aromatic heterocycles. The highest BCUT2D eigenvalue weighted by Gasteiger charge is 2.34. The summed E-state index contributed by atoms with van der Waals surface area (Å²) in [5.41, 5.74) is 6.56. The summed E-state index contributed by atoms with van der Waals surface area (Å²) in [6.45, 7) is 29.2. The minimum atomic E-state index is -0.259. The lowest BCUT2D eigenvalue weighted by Gasteiger charge is -2.37. The maximum atomic E-state index is 12.0. The first kappa shape index (κ1) is 33.6. The van der Waals surface area contributed by atoms with Crippen LogP contribution in [0.2, 0.25) is 0 Å². The van der Waals surface area contributed by atoms with Gasteiger partial charge in [-0.1, -0.05) is 120 Å². The first-order valence-electron chi connectivity index (χ1n) is 16.0. The highest BCUT2D eigenvalue weighted by Crippen LogP contribution is 2.46. The van der Waals surface area contributed by atoms with Gasteiger partial charge in [0.1, 0.15) is 28.2 Å². The van der Waals surface area contributed by atoms with Crippen LogP contribution in [0, 0.1) is 10.8 Å². The lowest BCUT2D eigenvalue weighted by atomic mass is 9.68. The number of rotatable bonds is 7. The highest BCUT2D eigenvalue weighted by molar-refractivity contribution is 5.74. The number of hydrogen-bond acceptors (Lipinski definition) is 4. The van der Waals surface area contributed by atoms with Crippen LogP contribution < -0.4 is 0 Å². The van der Waals surface area contributed by atoms with Crippen LogP contribution >= 0.6 is 0 Å². The number of nitrogens with zero attached hydrogens (tertiary/aromatic N) is 3. The summed E-state index contributed by atoms with van der Waals surface area (Å²) < 4.78 is 0. The molecule has 44 heavy (non-hydrogen) atoms. The third-order valence-corrected chi connectivity index (χ3v) is 8.56. The van der Waals surface area contributed by atoms with Gasteiger partial charge in [0, 0.05) is 17.5 Å². The number of fused-ring (bicyclic) bond motifs is 1. The van der Waals surface area contributed by atoms with Crippen molar-refractivity contribution in [3.8, 4) is 17.2 Å². The Labute approximate surface area is 265 Å². The zero-order chi connectivity index (χ0) is 33.0. The van der Waals surface area contributed by atoms with Gasteiger partial charge in [-0.2, -0.15) is 0 Å². The Hall–Kier alpha value is -3.34. The summed E-state index contributed by atoms with van der Waals surface area (Å²) in [6.07, 6.45) is 2.30. The van der Waals surface area contributed by atoms with Crippen LogP contribution in [0.25, 0.3) is 16.7 Å². The average Bonchev–Trinajstić information content (AvgIpc) is 3.26. The minimum absolute atomic E-state index is 0.0849. The fraction of sp³-hybridized carbons (Fsp3) is 0.538. The fourth-order valence-corrected chi connectivity index (χ4v) is 7.16. The Morgan fingerprint density at radius 3 is 1.57 bits per heavy atom. The van der Waals surface area contributed by atoms with Crippen molar-refractivity contribution < 1.29 is 10.2 Å². The van der Waals surface area contributed by atoms with E-state index in [2.05, 4.69) is 118 Å². The molecule has 238 valence electrons. The van der Waals surface area contributed by atoms with Crippen LogP contribution in [0.4, 0.5) is 0 Å². The Kier molecular flexibility index (Phi) is 8.56. The van der Waals surface area contributed by atoms with Gasteiger partial charge in [0.2, 0.25) is 0 Å². The van der Waals surface area contributed by atoms with Gasteiger partial charge in [0.25, 0.3) is 0 Å². The summed E-state index contributed by atoms with van der Waals surface area (Å²) in [5, 5.41) is 33.2. The molecule has 0 fully saturated rings. The molecule has 0 spiro atoms. The van der Waals surface area contributed by atoms with Crippen molar-refractivity contribution >= 4 is 11.0 Å². The maximum absolute atomic E-state index is 12.0. The van der Waals surface area contributed by atoms with Crippen molar-refractivity contribution in [3.05, 3.63) is 76.3 Å². The van der Waals surface area contributed by atoms with Gasteiger partial charge in [-0.25, -0.2) is 0 Å². The second kappa shape index (κ2) is 11.2. The zero-order valence-corrected chi connectivity index (χ0v) is 29.5. The highest BCUT2D eigenvalue weighted by atomic mass is 16.3. The normalized spacial score (nSPS) is 13.6. The number of aromatic nitrogens is 3. The SMILES string of the molecule is CC(C)(C)CC(C)(C)c1cc(Cc2cc(C(C)(C)C)cc(-n3nc4ccccc4n3)c2O)c(O)c(C(C)(C)CC(C)(C)C)c1. The van der Waals surface area contributed by atoms with Crippen molar-refractivity contribution in [2.24, 2.45) is 10.8 Å². The molecule has 0 unspecified atom stereocenters. The Balaban J connectivity index is 1.94. The standard InChI is InChI=1S/C39H55N3O2/c1-35(2,3)23-38(10,11)28-20-25(33(43)29(21-28)39(12,13)24-36(4,5)6)18-26-19-27(37(7,8)9)22-32(34(26)44)42-40-30-16-14-15-17-31(30)41-42/h14-17,19-22,43-44H,18,23-24H2,1-13H3. The van der Waals surface area contributed by atoms with Crippen molar-refractivity contribution in [2.75, 3.05) is 0 Å². The summed E-state index contributed by atoms with van der Waals surface area (Å²) in [4.78, 5) is 1.54. The molecule has 4 rings (SSSR count). The zero-order valence-electron chi connectivity index (χ0n) is 29.5. The van der Waals surface area contributed by atoms with Crippen LogP contribution in [-0.4, -0.2) is 25.2 Å². The molecule has 0 aliphatic heterocycles. The molecule has 5 nitrogen and oxygen atoms in total. The largest absolute Gasteiger partial charge is 0.507 e. The van der Waals surface area contributed by atoms with E-state index in [-0.39, 0.29) is 32.8 Å². The molecule has 0 atom stereocenters. The first-order valence-corrected chi connectivity index (χ1v) is 16.0. The van der Waals surface area contributed by atoms with Gasteiger partial charge in [-0.3, -0.25) is 0 Å². The van der Waals surface area contributed by atoms with Crippen LogP contribution in [-0.2, 0) is 22.7 Å². The summed E-state index contributed by atoms with van der Waals surface area (Å²) in [5.74, 6) is 0.451. The molecule has 0 saturated carbocycles. The first-order chi connectivity index (χ1) is 20.0. The fourth-order valence-electron chi connectivity index (χ4n) is 7.16. The second-order valence-electron chi connectivity index (χ2n) is 17.7. The van der Waals surface area contributed by atoms with Gasteiger partial charge in [0.15, 0.2) is 0 Å². The molecule has 0 saturated heterocycles. The van der Waals surface area contributed by atoms with Gasteiger partial charge in [-0.05, 0) is 74.8 Å². The van der Waals surface area contributed by atoms with E-state index >= 15 is 0 Å². The quantitative estimate of drug-likeness (QED) is 0.222. The van der Waals surface area contributed by atoms with E-state index in [0.717, 1.165) is 46.1 Å². The van der Waals surface area contributed by atoms with Crippen LogP contribution in [0.1, 0.15) is 131 Å². The Morgan fingerprint density at radius 1 is 0.591 bits per heavy atom. The predicted octanol–water partition coefficient (Wildman–Crippen LogP) is 10.1. The molecule has 1 heterocycles. The molecule has 3 aromatic carbocycles. The monoisotopic (exact) mass is 597 g/mol. The lowest BCUT2D eigenvalue weighted by Crippen LogP contribution is -2.28. The Morgan fingerprint density at radius 2 is 1.07 bits per heavy atom. The van der Waals surface area contributed by atoms with Crippen molar-refractivity contribution in [1.29, 1.82) is 0 Å². The Bertz CT molecular complexity index is 1620. The number of phenols is 2.